The van der Waals surface area contributed by atoms with Crippen LogP contribution in [0.25, 0.3) is 0 Å². The molecule has 0 fully saturated rings. The van der Waals surface area contributed by atoms with Crippen LogP contribution in [0.3, 0.4) is 0 Å². The number of carboxylic acid groups (broad SMARTS) is 1. The van der Waals surface area contributed by atoms with Crippen molar-refractivity contribution < 1.29 is 18.3 Å². The molecule has 0 radical (unpaired) electrons. The van der Waals surface area contributed by atoms with E-state index in [0.29, 0.717) is 0 Å². The molecule has 112 valence electrons. The van der Waals surface area contributed by atoms with Gasteiger partial charge in [-0.2, -0.15) is 0 Å². The summed E-state index contributed by atoms with van der Waals surface area (Å²) in [6.45, 7) is 1.73. The Hall–Kier alpha value is -1.22. The molecule has 0 bridgehead atoms. The fourth-order valence-corrected chi connectivity index (χ4v) is 4.48. The molecule has 0 aliphatic carbocycles. The monoisotopic (exact) mass is 389 g/mol. The average molecular weight is 390 g/mol. The molecule has 1 atom stereocenters. The maximum Gasteiger partial charge on any atom is 0.345 e. The Kier molecular flexibility index (Phi) is 4.82. The number of hydrogen-bond acceptors (Lipinski definition) is 4. The minimum absolute atomic E-state index is 0.00881. The van der Waals surface area contributed by atoms with Crippen LogP contribution < -0.4 is 4.72 Å². The Labute approximate surface area is 134 Å². The van der Waals surface area contributed by atoms with Gasteiger partial charge in [0.1, 0.15) is 4.88 Å². The number of carbonyl (C=O) groups is 1. The highest BCUT2D eigenvalue weighted by Gasteiger charge is 2.21. The van der Waals surface area contributed by atoms with E-state index in [1.54, 1.807) is 6.92 Å². The van der Waals surface area contributed by atoms with Crippen LogP contribution in [0, 0.1) is 0 Å². The van der Waals surface area contributed by atoms with Crippen molar-refractivity contribution in [3.8, 4) is 0 Å². The lowest BCUT2D eigenvalue weighted by atomic mass is 10.1. The van der Waals surface area contributed by atoms with E-state index in [-0.39, 0.29) is 9.77 Å². The van der Waals surface area contributed by atoms with Gasteiger partial charge >= 0.3 is 5.97 Å². The number of carboxylic acids is 1. The molecule has 0 saturated carbocycles. The van der Waals surface area contributed by atoms with E-state index in [2.05, 4.69) is 20.7 Å². The number of benzene rings is 1. The third kappa shape index (κ3) is 3.91. The molecule has 0 aliphatic rings. The van der Waals surface area contributed by atoms with Crippen LogP contribution in [-0.4, -0.2) is 19.5 Å². The first-order valence-corrected chi connectivity index (χ1v) is 9.05. The Balaban J connectivity index is 2.22. The van der Waals surface area contributed by atoms with E-state index in [1.807, 2.05) is 24.3 Å². The summed E-state index contributed by atoms with van der Waals surface area (Å²) in [6.07, 6.45) is 0. The second-order valence-electron chi connectivity index (χ2n) is 4.35. The fraction of sp³-hybridized carbons (Fsp3) is 0.154. The van der Waals surface area contributed by atoms with Crippen LogP contribution in [0.1, 0.15) is 28.2 Å². The molecular formula is C13H12BrNO4S2. The van der Waals surface area contributed by atoms with Crippen molar-refractivity contribution >= 4 is 43.3 Å². The van der Waals surface area contributed by atoms with Gasteiger partial charge in [-0.3, -0.25) is 0 Å². The molecule has 2 N–H and O–H groups in total. The van der Waals surface area contributed by atoms with Crippen molar-refractivity contribution in [2.75, 3.05) is 0 Å². The molecule has 0 aliphatic heterocycles. The Morgan fingerprint density at radius 3 is 2.67 bits per heavy atom. The van der Waals surface area contributed by atoms with Gasteiger partial charge in [0.25, 0.3) is 0 Å². The highest BCUT2D eigenvalue weighted by molar-refractivity contribution is 9.10. The Morgan fingerprint density at radius 2 is 2.10 bits per heavy atom. The first-order chi connectivity index (χ1) is 9.79. The van der Waals surface area contributed by atoms with Gasteiger partial charge in [-0.1, -0.05) is 28.1 Å². The molecule has 1 aromatic heterocycles. The third-order valence-corrected chi connectivity index (χ3v) is 5.86. The van der Waals surface area contributed by atoms with Gasteiger partial charge in [-0.05, 0) is 30.7 Å². The summed E-state index contributed by atoms with van der Waals surface area (Å²) in [5, 5.41) is 10.2. The van der Waals surface area contributed by atoms with Gasteiger partial charge in [-0.15, -0.1) is 11.3 Å². The van der Waals surface area contributed by atoms with Crippen LogP contribution in [0.5, 0.6) is 0 Å². The molecule has 0 unspecified atom stereocenters. The van der Waals surface area contributed by atoms with Crippen LogP contribution in [0.15, 0.2) is 45.1 Å². The second kappa shape index (κ2) is 6.27. The number of aromatic carboxylic acids is 1. The molecule has 2 rings (SSSR count). The predicted octanol–water partition coefficient (Wildman–Crippen LogP) is 3.25. The van der Waals surface area contributed by atoms with E-state index in [0.717, 1.165) is 27.4 Å². The smallest absolute Gasteiger partial charge is 0.345 e. The Morgan fingerprint density at radius 1 is 1.38 bits per heavy atom. The average Bonchev–Trinajstić information content (AvgIpc) is 2.88. The lowest BCUT2D eigenvalue weighted by molar-refractivity contribution is 0.0702. The van der Waals surface area contributed by atoms with E-state index >= 15 is 0 Å². The summed E-state index contributed by atoms with van der Waals surface area (Å²) < 4.78 is 27.8. The third-order valence-electron chi connectivity index (χ3n) is 2.78. The minimum Gasteiger partial charge on any atom is -0.477 e. The molecular weight excluding hydrogens is 378 g/mol. The van der Waals surface area contributed by atoms with Crippen LogP contribution in [-0.2, 0) is 10.0 Å². The summed E-state index contributed by atoms with van der Waals surface area (Å²) in [4.78, 5) is 10.8. The van der Waals surface area contributed by atoms with Gasteiger partial charge < -0.3 is 5.11 Å². The van der Waals surface area contributed by atoms with Gasteiger partial charge in [-0.25, -0.2) is 17.9 Å². The number of rotatable bonds is 5. The maximum absolute atomic E-state index is 12.2. The molecule has 5 nitrogen and oxygen atoms in total. The fourth-order valence-electron chi connectivity index (χ4n) is 1.72. The first kappa shape index (κ1) is 16.2. The molecule has 2 aromatic rings. The van der Waals surface area contributed by atoms with E-state index in [1.165, 1.54) is 5.38 Å². The van der Waals surface area contributed by atoms with Gasteiger partial charge in [0.2, 0.25) is 10.0 Å². The molecule has 8 heteroatoms. The maximum atomic E-state index is 12.2. The zero-order valence-electron chi connectivity index (χ0n) is 10.9. The summed E-state index contributed by atoms with van der Waals surface area (Å²) in [6, 6.07) is 8.03. The number of hydrogen-bond donors (Lipinski definition) is 2. The number of sulfonamides is 1. The van der Waals surface area contributed by atoms with E-state index in [9.17, 15) is 13.2 Å². The highest BCUT2D eigenvalue weighted by Crippen LogP contribution is 2.23. The first-order valence-electron chi connectivity index (χ1n) is 5.89. The van der Waals surface area contributed by atoms with Crippen molar-refractivity contribution in [1.82, 2.24) is 4.72 Å². The molecule has 1 aromatic carbocycles. The van der Waals surface area contributed by atoms with Crippen LogP contribution in [0.2, 0.25) is 0 Å². The summed E-state index contributed by atoms with van der Waals surface area (Å²) in [5.74, 6) is -1.14. The summed E-state index contributed by atoms with van der Waals surface area (Å²) in [7, 11) is -3.75. The van der Waals surface area contributed by atoms with Crippen molar-refractivity contribution in [1.29, 1.82) is 0 Å². The number of nitrogens with one attached hydrogen (secondary N) is 1. The van der Waals surface area contributed by atoms with Crippen molar-refractivity contribution in [2.24, 2.45) is 0 Å². The van der Waals surface area contributed by atoms with Gasteiger partial charge in [0.05, 0.1) is 4.90 Å². The zero-order valence-corrected chi connectivity index (χ0v) is 14.1. The van der Waals surface area contributed by atoms with Crippen LogP contribution in [0.4, 0.5) is 0 Å². The van der Waals surface area contributed by atoms with Gasteiger partial charge in [0.15, 0.2) is 0 Å². The zero-order chi connectivity index (χ0) is 15.6. The molecule has 0 amide bonds. The number of halogens is 1. The van der Waals surface area contributed by atoms with Crippen LogP contribution >= 0.6 is 27.3 Å². The second-order valence-corrected chi connectivity index (χ2v) is 7.89. The molecule has 21 heavy (non-hydrogen) atoms. The van der Waals surface area contributed by atoms with E-state index in [4.69, 9.17) is 5.11 Å². The largest absolute Gasteiger partial charge is 0.477 e. The number of thiophene rings is 1. The normalized spacial score (nSPS) is 13.0. The molecule has 0 saturated heterocycles. The van der Waals surface area contributed by atoms with Crippen molar-refractivity contribution in [2.45, 2.75) is 17.9 Å². The SMILES string of the molecule is C[C@@H](NS(=O)(=O)c1csc(C(=O)O)c1)c1cccc(Br)c1. The predicted molar refractivity (Wildman–Crippen MR) is 84.2 cm³/mol. The topological polar surface area (TPSA) is 83.5 Å². The minimum atomic E-state index is -3.75. The lowest BCUT2D eigenvalue weighted by Crippen LogP contribution is -2.26. The van der Waals surface area contributed by atoms with Gasteiger partial charge in [0, 0.05) is 15.9 Å². The molecule has 0 spiro atoms. The highest BCUT2D eigenvalue weighted by atomic mass is 79.9. The standard InChI is InChI=1S/C13H12BrNO4S2/c1-8(9-3-2-4-10(14)5-9)15-21(18,19)11-6-12(13(16)17)20-7-11/h2-8,15H,1H3,(H,16,17)/t8-/m1/s1. The summed E-state index contributed by atoms with van der Waals surface area (Å²) >= 11 is 4.22. The molecule has 1 heterocycles. The summed E-state index contributed by atoms with van der Waals surface area (Å²) in [5.41, 5.74) is 0.807. The Bertz CT molecular complexity index is 770. The lowest BCUT2D eigenvalue weighted by Gasteiger charge is -2.14. The van der Waals surface area contributed by atoms with E-state index < -0.39 is 22.0 Å². The van der Waals surface area contributed by atoms with Crippen molar-refractivity contribution in [3.05, 3.63) is 50.6 Å². The van der Waals surface area contributed by atoms with Crippen molar-refractivity contribution in [3.63, 3.8) is 0 Å². The quantitative estimate of drug-likeness (QED) is 0.821.